The Balaban J connectivity index is 1.80. The van der Waals surface area contributed by atoms with Gasteiger partial charge in [0.2, 0.25) is 5.91 Å². The number of carbonyl (C=O) groups excluding carboxylic acids is 2. The molecule has 1 aromatic carbocycles. The number of nitrogens with zero attached hydrogens (tertiary/aromatic N) is 3. The minimum absolute atomic E-state index is 0.0218. The van der Waals surface area contributed by atoms with Crippen molar-refractivity contribution in [3.05, 3.63) is 39.9 Å². The number of hydrogen-bond donors (Lipinski definition) is 0. The number of thiazole rings is 1. The largest absolute Gasteiger partial charge is 0.339 e. The Morgan fingerprint density at radius 1 is 1.12 bits per heavy atom. The maximum atomic E-state index is 12.8. The maximum absolute atomic E-state index is 12.8. The highest BCUT2D eigenvalue weighted by Crippen LogP contribution is 2.33. The number of rotatable bonds is 2. The van der Waals surface area contributed by atoms with Gasteiger partial charge in [-0.1, -0.05) is 29.8 Å². The number of amides is 2. The number of hydrogen-bond acceptors (Lipinski definition) is 4. The van der Waals surface area contributed by atoms with Crippen LogP contribution in [-0.4, -0.2) is 52.8 Å². The normalized spacial score (nSPS) is 14.8. The van der Waals surface area contributed by atoms with Crippen molar-refractivity contribution in [2.75, 3.05) is 26.2 Å². The van der Waals surface area contributed by atoms with E-state index in [1.165, 1.54) is 11.3 Å². The van der Waals surface area contributed by atoms with Crippen LogP contribution in [0.2, 0.25) is 5.02 Å². The standard InChI is InChI=1S/C17H18ClN3O2S/c1-11-15(17(23)21-9-7-20(8-10-21)12(2)22)24-16(19-11)13-5-3-4-6-14(13)18/h3-6H,7-10H2,1-2H3. The summed E-state index contributed by atoms with van der Waals surface area (Å²) in [5.74, 6) is 0.0311. The highest BCUT2D eigenvalue weighted by atomic mass is 35.5. The predicted molar refractivity (Wildman–Crippen MR) is 95.5 cm³/mol. The zero-order valence-electron chi connectivity index (χ0n) is 13.6. The van der Waals surface area contributed by atoms with E-state index in [4.69, 9.17) is 11.6 Å². The van der Waals surface area contributed by atoms with Gasteiger partial charge in [0.15, 0.2) is 0 Å². The van der Waals surface area contributed by atoms with Gasteiger partial charge in [-0.05, 0) is 13.0 Å². The maximum Gasteiger partial charge on any atom is 0.265 e. The van der Waals surface area contributed by atoms with E-state index in [1.807, 2.05) is 31.2 Å². The number of piperazine rings is 1. The average molecular weight is 364 g/mol. The van der Waals surface area contributed by atoms with Gasteiger partial charge in [0.25, 0.3) is 5.91 Å². The molecule has 0 saturated carbocycles. The van der Waals surface area contributed by atoms with E-state index in [1.54, 1.807) is 16.7 Å². The molecular formula is C17H18ClN3O2S. The van der Waals surface area contributed by atoms with Crippen molar-refractivity contribution in [2.45, 2.75) is 13.8 Å². The van der Waals surface area contributed by atoms with E-state index < -0.39 is 0 Å². The Morgan fingerprint density at radius 3 is 2.38 bits per heavy atom. The van der Waals surface area contributed by atoms with Crippen molar-refractivity contribution in [1.82, 2.24) is 14.8 Å². The second kappa shape index (κ2) is 6.91. The molecule has 1 aliphatic rings. The Morgan fingerprint density at radius 2 is 1.75 bits per heavy atom. The van der Waals surface area contributed by atoms with E-state index in [-0.39, 0.29) is 11.8 Å². The minimum Gasteiger partial charge on any atom is -0.339 e. The van der Waals surface area contributed by atoms with Crippen molar-refractivity contribution < 1.29 is 9.59 Å². The Hall–Kier alpha value is -1.92. The molecule has 0 atom stereocenters. The molecule has 1 fully saturated rings. The molecule has 1 saturated heterocycles. The lowest BCUT2D eigenvalue weighted by molar-refractivity contribution is -0.130. The van der Waals surface area contributed by atoms with Crippen LogP contribution < -0.4 is 0 Å². The number of benzene rings is 1. The molecule has 2 amide bonds. The summed E-state index contributed by atoms with van der Waals surface area (Å²) in [6, 6.07) is 7.49. The number of aryl methyl sites for hydroxylation is 1. The summed E-state index contributed by atoms with van der Waals surface area (Å²) in [6.45, 7) is 5.66. The second-order valence-electron chi connectivity index (χ2n) is 5.71. The van der Waals surface area contributed by atoms with Gasteiger partial charge in [-0.15, -0.1) is 11.3 Å². The molecule has 0 spiro atoms. The summed E-state index contributed by atoms with van der Waals surface area (Å²) < 4.78 is 0. The second-order valence-corrected chi connectivity index (χ2v) is 7.12. The van der Waals surface area contributed by atoms with Crippen LogP contribution >= 0.6 is 22.9 Å². The zero-order chi connectivity index (χ0) is 17.3. The first-order valence-corrected chi connectivity index (χ1v) is 8.94. The summed E-state index contributed by atoms with van der Waals surface area (Å²) in [6.07, 6.45) is 0. The third-order valence-corrected chi connectivity index (χ3v) is 5.62. The van der Waals surface area contributed by atoms with Gasteiger partial charge in [-0.25, -0.2) is 4.98 Å². The first kappa shape index (κ1) is 16.9. The first-order chi connectivity index (χ1) is 11.5. The van der Waals surface area contributed by atoms with Crippen LogP contribution in [0.1, 0.15) is 22.3 Å². The summed E-state index contributed by atoms with van der Waals surface area (Å²) >= 11 is 7.60. The molecular weight excluding hydrogens is 346 g/mol. The fourth-order valence-electron chi connectivity index (χ4n) is 2.71. The number of aromatic nitrogens is 1. The quantitative estimate of drug-likeness (QED) is 0.823. The molecule has 5 nitrogen and oxygen atoms in total. The number of carbonyl (C=O) groups is 2. The Kier molecular flexibility index (Phi) is 4.87. The van der Waals surface area contributed by atoms with Gasteiger partial charge in [0.05, 0.1) is 10.7 Å². The van der Waals surface area contributed by atoms with Gasteiger partial charge in [0, 0.05) is 38.7 Å². The molecule has 0 unspecified atom stereocenters. The lowest BCUT2D eigenvalue weighted by atomic mass is 10.2. The van der Waals surface area contributed by atoms with E-state index in [0.717, 1.165) is 10.6 Å². The zero-order valence-corrected chi connectivity index (χ0v) is 15.2. The van der Waals surface area contributed by atoms with E-state index >= 15 is 0 Å². The third-order valence-electron chi connectivity index (χ3n) is 4.11. The highest BCUT2D eigenvalue weighted by Gasteiger charge is 2.26. The van der Waals surface area contributed by atoms with Gasteiger partial charge in [-0.2, -0.15) is 0 Å². The molecule has 24 heavy (non-hydrogen) atoms. The monoisotopic (exact) mass is 363 g/mol. The van der Waals surface area contributed by atoms with E-state index in [0.29, 0.717) is 41.8 Å². The molecule has 1 aliphatic heterocycles. The molecule has 1 aromatic heterocycles. The van der Waals surface area contributed by atoms with Crippen molar-refractivity contribution >= 4 is 34.8 Å². The Labute approximate surface area is 149 Å². The molecule has 7 heteroatoms. The third kappa shape index (κ3) is 3.30. The van der Waals surface area contributed by atoms with Gasteiger partial charge < -0.3 is 9.80 Å². The molecule has 2 heterocycles. The SMILES string of the molecule is CC(=O)N1CCN(C(=O)c2sc(-c3ccccc3Cl)nc2C)CC1. The van der Waals surface area contributed by atoms with Crippen LogP contribution in [0, 0.1) is 6.92 Å². The van der Waals surface area contributed by atoms with Crippen LogP contribution in [-0.2, 0) is 4.79 Å². The van der Waals surface area contributed by atoms with Gasteiger partial charge in [-0.3, -0.25) is 9.59 Å². The predicted octanol–water partition coefficient (Wildman–Crippen LogP) is 3.08. The van der Waals surface area contributed by atoms with Crippen LogP contribution in [0.15, 0.2) is 24.3 Å². The van der Waals surface area contributed by atoms with Crippen molar-refractivity contribution in [1.29, 1.82) is 0 Å². The highest BCUT2D eigenvalue weighted by molar-refractivity contribution is 7.17. The summed E-state index contributed by atoms with van der Waals surface area (Å²) in [5.41, 5.74) is 1.56. The average Bonchev–Trinajstić information content (AvgIpc) is 2.96. The lowest BCUT2D eigenvalue weighted by Crippen LogP contribution is -2.50. The topological polar surface area (TPSA) is 53.5 Å². The first-order valence-electron chi connectivity index (χ1n) is 7.74. The minimum atomic E-state index is -0.0218. The molecule has 3 rings (SSSR count). The molecule has 0 bridgehead atoms. The molecule has 0 aliphatic carbocycles. The van der Waals surface area contributed by atoms with Gasteiger partial charge in [0.1, 0.15) is 9.88 Å². The molecule has 0 radical (unpaired) electrons. The molecule has 126 valence electrons. The molecule has 2 aromatic rings. The number of halogens is 1. The summed E-state index contributed by atoms with van der Waals surface area (Å²) in [4.78, 5) is 32.9. The van der Waals surface area contributed by atoms with E-state index in [2.05, 4.69) is 4.98 Å². The molecule has 0 N–H and O–H groups in total. The summed E-state index contributed by atoms with van der Waals surface area (Å²) in [5, 5.41) is 1.38. The van der Waals surface area contributed by atoms with Gasteiger partial charge >= 0.3 is 0 Å². The van der Waals surface area contributed by atoms with Crippen LogP contribution in [0.3, 0.4) is 0 Å². The summed E-state index contributed by atoms with van der Waals surface area (Å²) in [7, 11) is 0. The van der Waals surface area contributed by atoms with Crippen LogP contribution in [0.5, 0.6) is 0 Å². The fourth-order valence-corrected chi connectivity index (χ4v) is 4.07. The fraction of sp³-hybridized carbons (Fsp3) is 0.353. The van der Waals surface area contributed by atoms with E-state index in [9.17, 15) is 9.59 Å². The smallest absolute Gasteiger partial charge is 0.265 e. The Bertz CT molecular complexity index is 782. The lowest BCUT2D eigenvalue weighted by Gasteiger charge is -2.34. The van der Waals surface area contributed by atoms with Crippen LogP contribution in [0.25, 0.3) is 10.6 Å². The van der Waals surface area contributed by atoms with Crippen LogP contribution in [0.4, 0.5) is 0 Å². The van der Waals surface area contributed by atoms with Crippen molar-refractivity contribution in [3.8, 4) is 10.6 Å². The van der Waals surface area contributed by atoms with Crippen molar-refractivity contribution in [3.63, 3.8) is 0 Å². The van der Waals surface area contributed by atoms with Crippen molar-refractivity contribution in [2.24, 2.45) is 0 Å².